The van der Waals surface area contributed by atoms with Crippen molar-refractivity contribution < 1.29 is 0 Å². The zero-order valence-electron chi connectivity index (χ0n) is 19.5. The van der Waals surface area contributed by atoms with Crippen LogP contribution in [0, 0.1) is 0 Å². The summed E-state index contributed by atoms with van der Waals surface area (Å²) in [5.74, 6) is 0.643. The Kier molecular flexibility index (Phi) is 6.51. The van der Waals surface area contributed by atoms with Crippen LogP contribution in [-0.4, -0.2) is 29.8 Å². The van der Waals surface area contributed by atoms with Gasteiger partial charge in [0.05, 0.1) is 6.54 Å². The number of aromatic nitrogens is 6. The monoisotopic (exact) mass is 454 g/mol. The van der Waals surface area contributed by atoms with Gasteiger partial charge in [-0.3, -0.25) is 9.13 Å². The Bertz CT molecular complexity index is 1310. The lowest BCUT2D eigenvalue weighted by Gasteiger charge is -2.22. The molecule has 2 aromatic heterocycles. The molecule has 0 bridgehead atoms. The number of allylic oxidation sites excluding steroid dienone is 2. The molecule has 1 N–H and O–H groups in total. The molecular formula is C27H30N6O. The van der Waals surface area contributed by atoms with Crippen LogP contribution in [0.25, 0.3) is 22.5 Å². The highest BCUT2D eigenvalue weighted by Gasteiger charge is 2.20. The zero-order chi connectivity index (χ0) is 23.3. The fourth-order valence-corrected chi connectivity index (χ4v) is 4.93. The number of H-pyrrole nitrogens is 1. The third-order valence-electron chi connectivity index (χ3n) is 6.75. The molecule has 0 aliphatic heterocycles. The summed E-state index contributed by atoms with van der Waals surface area (Å²) in [5.41, 5.74) is 5.38. The molecule has 174 valence electrons. The summed E-state index contributed by atoms with van der Waals surface area (Å²) in [7, 11) is 0. The molecular weight excluding hydrogens is 424 g/mol. The van der Waals surface area contributed by atoms with Gasteiger partial charge in [-0.25, -0.2) is 9.89 Å². The summed E-state index contributed by atoms with van der Waals surface area (Å²) in [5, 5.41) is 14.3. The molecule has 7 nitrogen and oxygen atoms in total. The first-order valence-corrected chi connectivity index (χ1v) is 12.1. The SMILES string of the molecule is CC=CCc1cn(C2CCCCC2)c(=O)n1Cc1ccc(-c2ccccc2-c2nnn[nH]2)cc1. The normalized spacial score (nSPS) is 14.7. The van der Waals surface area contributed by atoms with Gasteiger partial charge in [0.1, 0.15) is 0 Å². The average Bonchev–Trinajstić information content (AvgIpc) is 3.53. The molecule has 0 spiro atoms. The maximum atomic E-state index is 13.4. The third-order valence-corrected chi connectivity index (χ3v) is 6.75. The molecule has 2 aromatic carbocycles. The van der Waals surface area contributed by atoms with Crippen molar-refractivity contribution in [2.75, 3.05) is 0 Å². The first-order chi connectivity index (χ1) is 16.7. The third kappa shape index (κ3) is 4.51. The van der Waals surface area contributed by atoms with Crippen LogP contribution in [0.15, 0.2) is 71.7 Å². The fourth-order valence-electron chi connectivity index (χ4n) is 4.93. The molecule has 5 rings (SSSR count). The standard InChI is InChI=1S/C27H30N6O/c1-2-3-9-23-19-33(22-10-5-4-6-11-22)27(34)32(23)18-20-14-16-21(17-15-20)24-12-7-8-13-25(24)26-28-30-31-29-26/h2-3,7-8,12-17,19,22H,4-6,9-11,18H2,1H3,(H,28,29,30,31). The van der Waals surface area contributed by atoms with E-state index in [-0.39, 0.29) is 5.69 Å². The molecule has 0 radical (unpaired) electrons. The summed E-state index contributed by atoms with van der Waals surface area (Å²) in [6.07, 6.45) is 12.9. The van der Waals surface area contributed by atoms with Gasteiger partial charge in [0.2, 0.25) is 0 Å². The number of hydrogen-bond acceptors (Lipinski definition) is 4. The molecule has 0 atom stereocenters. The van der Waals surface area contributed by atoms with Gasteiger partial charge in [-0.05, 0) is 46.9 Å². The van der Waals surface area contributed by atoms with Crippen LogP contribution in [0.5, 0.6) is 0 Å². The lowest BCUT2D eigenvalue weighted by molar-refractivity contribution is 0.344. The van der Waals surface area contributed by atoms with Crippen molar-refractivity contribution >= 4 is 0 Å². The van der Waals surface area contributed by atoms with E-state index in [1.165, 1.54) is 19.3 Å². The van der Waals surface area contributed by atoms with E-state index < -0.39 is 0 Å². The van der Waals surface area contributed by atoms with Gasteiger partial charge in [-0.1, -0.05) is 79.9 Å². The Hall–Kier alpha value is -3.74. The summed E-state index contributed by atoms with van der Waals surface area (Å²) in [6.45, 7) is 2.59. The van der Waals surface area contributed by atoms with Crippen LogP contribution in [0.4, 0.5) is 0 Å². The number of nitrogens with one attached hydrogen (secondary N) is 1. The minimum absolute atomic E-state index is 0.110. The summed E-state index contributed by atoms with van der Waals surface area (Å²) < 4.78 is 3.94. The van der Waals surface area contributed by atoms with Crippen molar-refractivity contribution in [1.82, 2.24) is 29.8 Å². The lowest BCUT2D eigenvalue weighted by atomic mass is 9.95. The van der Waals surface area contributed by atoms with E-state index in [0.29, 0.717) is 18.4 Å². The van der Waals surface area contributed by atoms with Crippen LogP contribution < -0.4 is 5.69 Å². The molecule has 2 heterocycles. The predicted molar refractivity (Wildman–Crippen MR) is 133 cm³/mol. The maximum absolute atomic E-state index is 13.4. The van der Waals surface area contributed by atoms with E-state index in [1.54, 1.807) is 0 Å². The summed E-state index contributed by atoms with van der Waals surface area (Å²) in [4.78, 5) is 13.4. The first-order valence-electron chi connectivity index (χ1n) is 12.1. The minimum Gasteiger partial charge on any atom is -0.296 e. The number of imidazole rings is 1. The molecule has 1 saturated carbocycles. The number of aromatic amines is 1. The minimum atomic E-state index is 0.110. The van der Waals surface area contributed by atoms with E-state index in [9.17, 15) is 4.79 Å². The second kappa shape index (κ2) is 10.0. The largest absolute Gasteiger partial charge is 0.328 e. The topological polar surface area (TPSA) is 81.4 Å². The zero-order valence-corrected chi connectivity index (χ0v) is 19.5. The van der Waals surface area contributed by atoms with E-state index >= 15 is 0 Å². The highest BCUT2D eigenvalue weighted by atomic mass is 16.1. The smallest absolute Gasteiger partial charge is 0.296 e. The van der Waals surface area contributed by atoms with Crippen molar-refractivity contribution in [3.05, 3.63) is 88.6 Å². The molecule has 0 unspecified atom stereocenters. The summed E-state index contributed by atoms with van der Waals surface area (Å²) >= 11 is 0. The van der Waals surface area contributed by atoms with Gasteiger partial charge in [0, 0.05) is 29.9 Å². The van der Waals surface area contributed by atoms with Crippen molar-refractivity contribution in [1.29, 1.82) is 0 Å². The number of rotatable bonds is 7. The molecule has 1 aliphatic rings. The van der Waals surface area contributed by atoms with Gasteiger partial charge in [-0.15, -0.1) is 5.10 Å². The van der Waals surface area contributed by atoms with Crippen LogP contribution >= 0.6 is 0 Å². The van der Waals surface area contributed by atoms with Crippen molar-refractivity contribution in [2.45, 2.75) is 58.0 Å². The van der Waals surface area contributed by atoms with Gasteiger partial charge in [-0.2, -0.15) is 0 Å². The molecule has 1 aliphatic carbocycles. The van der Waals surface area contributed by atoms with Gasteiger partial charge < -0.3 is 0 Å². The van der Waals surface area contributed by atoms with Crippen LogP contribution in [-0.2, 0) is 13.0 Å². The van der Waals surface area contributed by atoms with E-state index in [1.807, 2.05) is 40.3 Å². The second-order valence-electron chi connectivity index (χ2n) is 8.95. The van der Waals surface area contributed by atoms with Crippen molar-refractivity contribution in [2.24, 2.45) is 0 Å². The molecule has 0 saturated heterocycles. The molecule has 34 heavy (non-hydrogen) atoms. The van der Waals surface area contributed by atoms with E-state index in [2.05, 4.69) is 63.2 Å². The fraction of sp³-hybridized carbons (Fsp3) is 0.333. The van der Waals surface area contributed by atoms with Gasteiger partial charge in [0.15, 0.2) is 5.82 Å². The molecule has 4 aromatic rings. The molecule has 1 fully saturated rings. The quantitative estimate of drug-likeness (QED) is 0.391. The van der Waals surface area contributed by atoms with E-state index in [0.717, 1.165) is 47.2 Å². The first kappa shape index (κ1) is 22.1. The Balaban J connectivity index is 1.43. The average molecular weight is 455 g/mol. The maximum Gasteiger partial charge on any atom is 0.328 e. The predicted octanol–water partition coefficient (Wildman–Crippen LogP) is 5.17. The van der Waals surface area contributed by atoms with Crippen molar-refractivity contribution in [3.8, 4) is 22.5 Å². The number of hydrogen-bond donors (Lipinski definition) is 1. The second-order valence-corrected chi connectivity index (χ2v) is 8.95. The summed E-state index contributed by atoms with van der Waals surface area (Å²) in [6, 6.07) is 16.8. The molecule has 7 heteroatoms. The van der Waals surface area contributed by atoms with E-state index in [4.69, 9.17) is 0 Å². The lowest BCUT2D eigenvalue weighted by Crippen LogP contribution is -2.29. The Morgan fingerprint density at radius 2 is 1.79 bits per heavy atom. The van der Waals surface area contributed by atoms with Gasteiger partial charge in [0.25, 0.3) is 0 Å². The number of benzene rings is 2. The number of tetrazole rings is 1. The van der Waals surface area contributed by atoms with Crippen LogP contribution in [0.3, 0.4) is 0 Å². The van der Waals surface area contributed by atoms with Crippen LogP contribution in [0.1, 0.15) is 56.3 Å². The Morgan fingerprint density at radius 1 is 1.03 bits per heavy atom. The Labute approximate surface area is 199 Å². The Morgan fingerprint density at radius 3 is 2.50 bits per heavy atom. The van der Waals surface area contributed by atoms with Crippen molar-refractivity contribution in [3.63, 3.8) is 0 Å². The number of nitrogens with zero attached hydrogens (tertiary/aromatic N) is 5. The van der Waals surface area contributed by atoms with Crippen LogP contribution in [0.2, 0.25) is 0 Å². The highest BCUT2D eigenvalue weighted by Crippen LogP contribution is 2.30. The highest BCUT2D eigenvalue weighted by molar-refractivity contribution is 5.80. The van der Waals surface area contributed by atoms with Gasteiger partial charge >= 0.3 is 5.69 Å². The molecule has 0 amide bonds.